The standard InChI is InChI=1S/C49H56N10O4/c1-30-26-36(10-15-39(30)31(2)52-45(61)46-55-47(56-63-46)49(3,4)5)43-40-27-41(53-44(40)51-29-50-43)35-8-6-33(7-9-35)34-18-21-57(22-19-34)28-32-16-23-58(24-17-32)37-11-13-38(14-12-37)59-25-20-42(60)54-48(59)62/h6-15,26-27,29,31-32,34H,16-25,28H2,1-5H3,(H,52,61)(H,50,51,53)(H,54,60,62)/t31-/m0/s1. The van der Waals surface area contributed by atoms with Gasteiger partial charge >= 0.3 is 17.8 Å². The third-order valence-corrected chi connectivity index (χ3v) is 13.1. The fourth-order valence-electron chi connectivity index (χ4n) is 9.37. The fraction of sp³-hybridized carbons (Fsp3) is 0.408. The number of anilines is 2. The van der Waals surface area contributed by atoms with Crippen molar-refractivity contribution in [3.05, 3.63) is 108 Å². The monoisotopic (exact) mass is 848 g/mol. The van der Waals surface area contributed by atoms with Gasteiger partial charge in [-0.05, 0) is 123 Å². The van der Waals surface area contributed by atoms with Gasteiger partial charge in [0.2, 0.25) is 5.91 Å². The van der Waals surface area contributed by atoms with Crippen molar-refractivity contribution in [2.75, 3.05) is 49.1 Å². The molecule has 3 aliphatic heterocycles. The molecule has 0 saturated carbocycles. The molecule has 9 rings (SSSR count). The summed E-state index contributed by atoms with van der Waals surface area (Å²) >= 11 is 0. The first-order valence-electron chi connectivity index (χ1n) is 22.2. The topological polar surface area (TPSA) is 165 Å². The molecule has 3 aromatic carbocycles. The number of carbonyl (C=O) groups excluding carboxylic acids is 3. The van der Waals surface area contributed by atoms with Crippen molar-refractivity contribution in [1.82, 2.24) is 40.6 Å². The number of hydrogen-bond acceptors (Lipinski definition) is 10. The van der Waals surface area contributed by atoms with Gasteiger partial charge in [0.25, 0.3) is 0 Å². The number of rotatable bonds is 10. The third kappa shape index (κ3) is 9.08. The molecule has 6 aromatic rings. The fourth-order valence-corrected chi connectivity index (χ4v) is 9.37. The number of carbonyl (C=O) groups is 3. The van der Waals surface area contributed by atoms with Gasteiger partial charge in [0.1, 0.15) is 12.0 Å². The van der Waals surface area contributed by atoms with Crippen molar-refractivity contribution in [2.24, 2.45) is 5.92 Å². The Bertz CT molecular complexity index is 2610. The van der Waals surface area contributed by atoms with E-state index >= 15 is 0 Å². The minimum absolute atomic E-state index is 0.0431. The van der Waals surface area contributed by atoms with Crippen LogP contribution in [0.3, 0.4) is 0 Å². The van der Waals surface area contributed by atoms with Gasteiger partial charge < -0.3 is 24.6 Å². The number of nitrogens with one attached hydrogen (secondary N) is 3. The lowest BCUT2D eigenvalue weighted by Crippen LogP contribution is -2.49. The number of aromatic amines is 1. The largest absolute Gasteiger partial charge is 0.372 e. The minimum Gasteiger partial charge on any atom is -0.372 e. The highest BCUT2D eigenvalue weighted by atomic mass is 16.5. The van der Waals surface area contributed by atoms with Gasteiger partial charge in [0.15, 0.2) is 5.82 Å². The highest BCUT2D eigenvalue weighted by Gasteiger charge is 2.28. The van der Waals surface area contributed by atoms with Crippen molar-refractivity contribution >= 4 is 40.3 Å². The number of imide groups is 1. The smallest absolute Gasteiger partial charge is 0.328 e. The summed E-state index contributed by atoms with van der Waals surface area (Å²) in [5, 5.41) is 10.3. The molecule has 0 aliphatic carbocycles. The first-order chi connectivity index (χ1) is 30.4. The van der Waals surface area contributed by atoms with Crippen LogP contribution in [0.4, 0.5) is 16.2 Å². The van der Waals surface area contributed by atoms with Gasteiger partial charge in [-0.3, -0.25) is 19.8 Å². The van der Waals surface area contributed by atoms with Gasteiger partial charge in [-0.2, -0.15) is 4.98 Å². The lowest BCUT2D eigenvalue weighted by molar-refractivity contribution is -0.120. The zero-order valence-corrected chi connectivity index (χ0v) is 36.8. The molecule has 326 valence electrons. The summed E-state index contributed by atoms with van der Waals surface area (Å²) in [5.41, 5.74) is 9.82. The highest BCUT2D eigenvalue weighted by molar-refractivity contribution is 6.05. The van der Waals surface area contributed by atoms with Gasteiger partial charge in [0, 0.05) is 66.0 Å². The van der Waals surface area contributed by atoms with E-state index in [9.17, 15) is 14.4 Å². The van der Waals surface area contributed by atoms with Gasteiger partial charge in [-0.1, -0.05) is 62.3 Å². The van der Waals surface area contributed by atoms with Crippen LogP contribution < -0.4 is 20.4 Å². The molecule has 3 fully saturated rings. The summed E-state index contributed by atoms with van der Waals surface area (Å²) in [6, 6.07) is 24.9. The molecule has 3 aliphatic rings. The molecule has 0 radical (unpaired) electrons. The molecule has 6 heterocycles. The Kier molecular flexibility index (Phi) is 11.6. The molecule has 3 saturated heterocycles. The van der Waals surface area contributed by atoms with E-state index in [1.54, 1.807) is 11.2 Å². The predicted octanol–water partition coefficient (Wildman–Crippen LogP) is 8.31. The molecule has 3 aromatic heterocycles. The molecule has 0 bridgehead atoms. The lowest BCUT2D eigenvalue weighted by Gasteiger charge is -2.38. The minimum atomic E-state index is -0.403. The summed E-state index contributed by atoms with van der Waals surface area (Å²) in [6.45, 7) is 15.8. The number of piperidine rings is 2. The van der Waals surface area contributed by atoms with Gasteiger partial charge in [0.05, 0.1) is 11.7 Å². The zero-order chi connectivity index (χ0) is 43.8. The molecule has 14 heteroatoms. The first kappa shape index (κ1) is 41.9. The second kappa shape index (κ2) is 17.4. The average Bonchev–Trinajstić information content (AvgIpc) is 3.97. The van der Waals surface area contributed by atoms with E-state index in [0.29, 0.717) is 30.6 Å². The van der Waals surface area contributed by atoms with Crippen molar-refractivity contribution in [3.63, 3.8) is 0 Å². The van der Waals surface area contributed by atoms with E-state index in [4.69, 9.17) is 9.51 Å². The number of H-pyrrole nitrogens is 1. The number of fused-ring (bicyclic) bond motifs is 1. The number of aryl methyl sites for hydroxylation is 1. The SMILES string of the molecule is Cc1cc(-c2ncnc3[nH]c(-c4ccc(C5CCN(CC6CCN(c7ccc(N8CCC(=O)NC8=O)cc7)CC6)CC5)cc4)cc23)ccc1[C@H](C)NC(=O)c1nc(C(C)(C)C)no1. The van der Waals surface area contributed by atoms with Crippen molar-refractivity contribution in [2.45, 2.75) is 84.1 Å². The van der Waals surface area contributed by atoms with Crippen LogP contribution in [0.2, 0.25) is 0 Å². The van der Waals surface area contributed by atoms with E-state index in [0.717, 1.165) is 83.1 Å². The normalized spacial score (nSPS) is 17.6. The number of hydrogen-bond donors (Lipinski definition) is 3. The van der Waals surface area contributed by atoms with Crippen LogP contribution in [0.15, 0.2) is 83.6 Å². The van der Waals surface area contributed by atoms with Crippen LogP contribution >= 0.6 is 0 Å². The second-order valence-corrected chi connectivity index (χ2v) is 18.5. The Morgan fingerprint density at radius 3 is 2.27 bits per heavy atom. The van der Waals surface area contributed by atoms with Crippen LogP contribution in [0.5, 0.6) is 0 Å². The van der Waals surface area contributed by atoms with E-state index in [1.165, 1.54) is 36.9 Å². The van der Waals surface area contributed by atoms with Crippen molar-refractivity contribution in [1.29, 1.82) is 0 Å². The molecule has 3 N–H and O–H groups in total. The maximum atomic E-state index is 12.9. The second-order valence-electron chi connectivity index (χ2n) is 18.5. The van der Waals surface area contributed by atoms with Crippen molar-refractivity contribution < 1.29 is 18.9 Å². The van der Waals surface area contributed by atoms with Gasteiger partial charge in [-0.25, -0.2) is 14.8 Å². The quantitative estimate of drug-likeness (QED) is 0.122. The molecule has 0 unspecified atom stereocenters. The summed E-state index contributed by atoms with van der Waals surface area (Å²) < 4.78 is 5.25. The maximum Gasteiger partial charge on any atom is 0.328 e. The highest BCUT2D eigenvalue weighted by Crippen LogP contribution is 2.35. The molecule has 4 amide bonds. The van der Waals surface area contributed by atoms with Crippen LogP contribution in [-0.4, -0.2) is 87.1 Å². The molecule has 1 atom stereocenters. The number of benzene rings is 3. The lowest BCUT2D eigenvalue weighted by atomic mass is 9.87. The Balaban J connectivity index is 0.768. The summed E-state index contributed by atoms with van der Waals surface area (Å²) in [5.74, 6) is 1.08. The molecular weight excluding hydrogens is 793 g/mol. The molecule has 14 nitrogen and oxygen atoms in total. The van der Waals surface area contributed by atoms with Crippen LogP contribution in [0.1, 0.15) is 105 Å². The maximum absolute atomic E-state index is 12.9. The Hall–Kier alpha value is -6.41. The predicted molar refractivity (Wildman–Crippen MR) is 244 cm³/mol. The number of aromatic nitrogens is 5. The van der Waals surface area contributed by atoms with E-state index in [1.807, 2.05) is 58.9 Å². The van der Waals surface area contributed by atoms with Crippen LogP contribution in [-0.2, 0) is 10.2 Å². The molecule has 63 heavy (non-hydrogen) atoms. The molecule has 0 spiro atoms. The Labute approximate surface area is 367 Å². The van der Waals surface area contributed by atoms with Crippen LogP contribution in [0, 0.1) is 12.8 Å². The number of nitrogens with zero attached hydrogens (tertiary/aromatic N) is 7. The Morgan fingerprint density at radius 2 is 1.59 bits per heavy atom. The van der Waals surface area contributed by atoms with Crippen molar-refractivity contribution in [3.8, 4) is 22.5 Å². The molecular formula is C49H56N10O4. The average molecular weight is 849 g/mol. The van der Waals surface area contributed by atoms with Gasteiger partial charge in [-0.15, -0.1) is 0 Å². The van der Waals surface area contributed by atoms with E-state index in [2.05, 4.69) is 89.1 Å². The number of urea groups is 1. The number of amides is 4. The van der Waals surface area contributed by atoms with E-state index < -0.39 is 5.91 Å². The first-order valence-corrected chi connectivity index (χ1v) is 22.2. The van der Waals surface area contributed by atoms with Crippen LogP contribution in [0.25, 0.3) is 33.5 Å². The Morgan fingerprint density at radius 1 is 0.873 bits per heavy atom. The number of likely N-dealkylation sites (tertiary alicyclic amines) is 1. The third-order valence-electron chi connectivity index (χ3n) is 13.1. The summed E-state index contributed by atoms with van der Waals surface area (Å²) in [4.78, 5) is 60.6. The zero-order valence-electron chi connectivity index (χ0n) is 36.8. The summed E-state index contributed by atoms with van der Waals surface area (Å²) in [6.07, 6.45) is 6.61. The summed E-state index contributed by atoms with van der Waals surface area (Å²) in [7, 11) is 0. The van der Waals surface area contributed by atoms with E-state index in [-0.39, 0.29) is 29.3 Å².